The van der Waals surface area contributed by atoms with Gasteiger partial charge in [0.15, 0.2) is 0 Å². The maximum atomic E-state index is 14.2. The minimum Gasteiger partial charge on any atom is -0.380 e. The lowest BCUT2D eigenvalue weighted by molar-refractivity contribution is -0.0435. The van der Waals surface area contributed by atoms with Gasteiger partial charge in [0.05, 0.1) is 23.8 Å². The SMILES string of the molecule is CC1(CN2CCNCC2)CCC(c2ccc(Cl)cc2)=C(CN2CCN(c3ccc(C(=O)NS(=O)(=O)c4ccc(NC(CCN5CCOCC5)CSc5ccccc5)c(S(=O)(=O)C(F)(F)F)c4)cc3)CC2)C1. The average Bonchev–Trinajstić information content (AvgIpc) is 3.36. The highest BCUT2D eigenvalue weighted by Crippen LogP contribution is 2.44. The average molecular weight is 1060 g/mol. The number of ether oxygens (including phenoxy) is 1. The number of carbonyl (C=O) groups is 1. The first-order chi connectivity index (χ1) is 33.9. The maximum Gasteiger partial charge on any atom is 0.501 e. The van der Waals surface area contributed by atoms with E-state index in [0.717, 1.165) is 112 Å². The third kappa shape index (κ3) is 13.9. The van der Waals surface area contributed by atoms with E-state index >= 15 is 0 Å². The molecule has 0 spiro atoms. The molecule has 0 aromatic heterocycles. The smallest absolute Gasteiger partial charge is 0.380 e. The first kappa shape index (κ1) is 53.1. The number of nitrogens with one attached hydrogen (secondary N) is 3. The number of piperazine rings is 2. The molecule has 8 rings (SSSR count). The molecule has 71 heavy (non-hydrogen) atoms. The van der Waals surface area contributed by atoms with E-state index in [2.05, 4.69) is 49.3 Å². The van der Waals surface area contributed by atoms with Crippen LogP contribution >= 0.6 is 23.4 Å². The molecule has 13 nitrogen and oxygen atoms in total. The molecule has 1 aliphatic carbocycles. The van der Waals surface area contributed by atoms with Gasteiger partial charge >= 0.3 is 5.51 Å². The van der Waals surface area contributed by atoms with E-state index in [4.69, 9.17) is 16.3 Å². The van der Waals surface area contributed by atoms with Crippen LogP contribution in [0.5, 0.6) is 0 Å². The van der Waals surface area contributed by atoms with Crippen molar-refractivity contribution in [1.82, 2.24) is 24.7 Å². The molecule has 3 aliphatic heterocycles. The number of hydrogen-bond donors (Lipinski definition) is 3. The van der Waals surface area contributed by atoms with Crippen LogP contribution in [0.3, 0.4) is 0 Å². The van der Waals surface area contributed by atoms with Gasteiger partial charge in [0.25, 0.3) is 25.8 Å². The summed E-state index contributed by atoms with van der Waals surface area (Å²) in [6, 6.07) is 26.0. The third-order valence-electron chi connectivity index (χ3n) is 13.9. The van der Waals surface area contributed by atoms with E-state index < -0.39 is 52.8 Å². The molecule has 4 aromatic rings. The van der Waals surface area contributed by atoms with Crippen molar-refractivity contribution in [3.63, 3.8) is 0 Å². The van der Waals surface area contributed by atoms with Gasteiger partial charge in [-0.3, -0.25) is 14.6 Å². The number of alkyl halides is 3. The van der Waals surface area contributed by atoms with Crippen molar-refractivity contribution in [2.24, 2.45) is 5.41 Å². The van der Waals surface area contributed by atoms with Crippen molar-refractivity contribution in [1.29, 1.82) is 0 Å². The Labute approximate surface area is 425 Å². The van der Waals surface area contributed by atoms with Crippen molar-refractivity contribution in [3.8, 4) is 0 Å². The van der Waals surface area contributed by atoms with Crippen LogP contribution in [-0.4, -0.2) is 153 Å². The Kier molecular flexibility index (Phi) is 17.5. The summed E-state index contributed by atoms with van der Waals surface area (Å²) in [5.74, 6) is -0.654. The Morgan fingerprint density at radius 2 is 1.54 bits per heavy atom. The molecular weight excluding hydrogens is 995 g/mol. The standard InChI is InChI=1S/C51H63ClF3N7O6S3/c1-50(37-61-23-20-56-21-24-61)19-17-46(38-7-11-41(52)12-8-38)40(34-50)35-60-25-27-62(28-26-60)43-13-9-39(10-14-43)49(63)58-71(66,67)45-15-16-47(48(33-45)70(64,65)51(53,54)55)57-42(18-22-59-29-31-68-32-30-59)36-69-44-5-3-2-4-6-44/h2-16,33,42,56-57H,17-32,34-37H2,1H3,(H,58,63). The molecular formula is C51H63ClF3N7O6S3. The molecule has 0 radical (unpaired) electrons. The Morgan fingerprint density at radius 1 is 0.845 bits per heavy atom. The minimum absolute atomic E-state index is 0.000704. The number of nitrogens with zero attached hydrogens (tertiary/aromatic N) is 4. The van der Waals surface area contributed by atoms with Gasteiger partial charge in [-0.15, -0.1) is 11.8 Å². The molecule has 4 aromatic carbocycles. The molecule has 3 heterocycles. The monoisotopic (exact) mass is 1060 g/mol. The van der Waals surface area contributed by atoms with Gasteiger partial charge in [-0.25, -0.2) is 21.6 Å². The molecule has 2 atom stereocenters. The molecule has 0 saturated carbocycles. The summed E-state index contributed by atoms with van der Waals surface area (Å²) in [5, 5.41) is 7.19. The van der Waals surface area contributed by atoms with E-state index in [-0.39, 0.29) is 11.0 Å². The summed E-state index contributed by atoms with van der Waals surface area (Å²) in [7, 11) is -10.9. The van der Waals surface area contributed by atoms with Crippen molar-refractivity contribution < 1.29 is 39.5 Å². The Balaban J connectivity index is 0.920. The van der Waals surface area contributed by atoms with Crippen LogP contribution in [0.2, 0.25) is 5.02 Å². The molecule has 3 N–H and O–H groups in total. The minimum atomic E-state index is -6.06. The van der Waals surface area contributed by atoms with Gasteiger partial charge in [-0.05, 0) is 109 Å². The second-order valence-electron chi connectivity index (χ2n) is 19.2. The zero-order chi connectivity index (χ0) is 50.2. The van der Waals surface area contributed by atoms with Crippen LogP contribution in [0.4, 0.5) is 24.5 Å². The lowest BCUT2D eigenvalue weighted by Crippen LogP contribution is -2.49. The predicted molar refractivity (Wildman–Crippen MR) is 276 cm³/mol. The highest BCUT2D eigenvalue weighted by atomic mass is 35.5. The van der Waals surface area contributed by atoms with E-state index in [1.807, 2.05) is 47.2 Å². The van der Waals surface area contributed by atoms with E-state index in [1.54, 1.807) is 12.1 Å². The number of anilines is 2. The molecule has 1 amide bonds. The number of thioether (sulfide) groups is 1. The summed E-state index contributed by atoms with van der Waals surface area (Å²) in [6.07, 6.45) is 3.60. The van der Waals surface area contributed by atoms with Gasteiger partial charge in [0.1, 0.15) is 4.90 Å². The number of halogens is 4. The summed E-state index contributed by atoms with van der Waals surface area (Å²) >= 11 is 7.74. The molecule has 3 fully saturated rings. The molecule has 2 unspecified atom stereocenters. The third-order valence-corrected chi connectivity index (χ3v) is 18.2. The van der Waals surface area contributed by atoms with E-state index in [1.165, 1.54) is 40.6 Å². The molecule has 20 heteroatoms. The topological polar surface area (TPSA) is 144 Å². The van der Waals surface area contributed by atoms with Crippen LogP contribution in [0, 0.1) is 5.41 Å². The van der Waals surface area contributed by atoms with Crippen LogP contribution in [0.15, 0.2) is 117 Å². The molecule has 0 bridgehead atoms. The Hall–Kier alpha value is -4.18. The van der Waals surface area contributed by atoms with Gasteiger partial charge in [-0.1, -0.05) is 54.4 Å². The highest BCUT2D eigenvalue weighted by Gasteiger charge is 2.48. The number of carbonyl (C=O) groups excluding carboxylic acids is 1. The normalized spacial score (nSPS) is 20.7. The van der Waals surface area contributed by atoms with Gasteiger partial charge in [0.2, 0.25) is 0 Å². The van der Waals surface area contributed by atoms with Crippen molar-refractivity contribution >= 4 is 66.1 Å². The number of sulfone groups is 1. The summed E-state index contributed by atoms with van der Waals surface area (Å²) < 4.78 is 104. The van der Waals surface area contributed by atoms with Crippen molar-refractivity contribution in [2.45, 2.75) is 58.8 Å². The Morgan fingerprint density at radius 3 is 2.21 bits per heavy atom. The van der Waals surface area contributed by atoms with Crippen LogP contribution in [-0.2, 0) is 24.6 Å². The first-order valence-corrected chi connectivity index (χ1v) is 28.5. The number of rotatable bonds is 18. The summed E-state index contributed by atoms with van der Waals surface area (Å²) in [5.41, 5.74) is -1.02. The second kappa shape index (κ2) is 23.4. The van der Waals surface area contributed by atoms with Crippen molar-refractivity contribution in [2.75, 3.05) is 114 Å². The predicted octanol–water partition coefficient (Wildman–Crippen LogP) is 7.72. The molecule has 3 saturated heterocycles. The number of benzene rings is 4. The number of morpholine rings is 1. The lowest BCUT2D eigenvalue weighted by atomic mass is 9.71. The van der Waals surface area contributed by atoms with Gasteiger partial charge in [-0.2, -0.15) is 13.2 Å². The zero-order valence-electron chi connectivity index (χ0n) is 39.9. The fourth-order valence-electron chi connectivity index (χ4n) is 9.94. The number of amides is 1. The fraction of sp³-hybridized carbons (Fsp3) is 0.471. The lowest BCUT2D eigenvalue weighted by Gasteiger charge is -2.43. The summed E-state index contributed by atoms with van der Waals surface area (Å²) in [6.45, 7) is 14.6. The molecule has 384 valence electrons. The highest BCUT2D eigenvalue weighted by molar-refractivity contribution is 7.99. The van der Waals surface area contributed by atoms with E-state index in [9.17, 15) is 34.8 Å². The number of allylic oxidation sites excluding steroid dienone is 1. The van der Waals surface area contributed by atoms with Crippen LogP contribution in [0.25, 0.3) is 5.57 Å². The van der Waals surface area contributed by atoms with Crippen LogP contribution < -0.4 is 20.3 Å². The number of hydrogen-bond acceptors (Lipinski definition) is 13. The van der Waals surface area contributed by atoms with Crippen LogP contribution in [0.1, 0.15) is 48.5 Å². The van der Waals surface area contributed by atoms with Gasteiger partial charge < -0.3 is 25.2 Å². The first-order valence-electron chi connectivity index (χ1n) is 24.2. The summed E-state index contributed by atoms with van der Waals surface area (Å²) in [4.78, 5) is 21.7. The largest absolute Gasteiger partial charge is 0.501 e. The maximum absolute atomic E-state index is 14.2. The van der Waals surface area contributed by atoms with E-state index in [0.29, 0.717) is 51.1 Å². The van der Waals surface area contributed by atoms with Crippen molar-refractivity contribution in [3.05, 3.63) is 119 Å². The molecule has 4 aliphatic rings. The van der Waals surface area contributed by atoms with Gasteiger partial charge in [0, 0.05) is 118 Å². The number of sulfonamides is 1. The Bertz CT molecular complexity index is 2700. The second-order valence-corrected chi connectivity index (χ2v) is 24.3. The zero-order valence-corrected chi connectivity index (χ0v) is 43.1. The fourth-order valence-corrected chi connectivity index (χ4v) is 13.1. The quantitative estimate of drug-likeness (QED) is 0.0839.